The molecule has 1 saturated heterocycles. The molecule has 2 aromatic carbocycles. The van der Waals surface area contributed by atoms with Gasteiger partial charge >= 0.3 is 0 Å². The van der Waals surface area contributed by atoms with E-state index in [0.29, 0.717) is 17.1 Å². The molecule has 0 aliphatic carbocycles. The van der Waals surface area contributed by atoms with Crippen LogP contribution in [0.5, 0.6) is 0 Å². The van der Waals surface area contributed by atoms with Crippen LogP contribution in [0.3, 0.4) is 0 Å². The van der Waals surface area contributed by atoms with Gasteiger partial charge in [0, 0.05) is 36.8 Å². The standard InChI is InChI=1S/C22H24ClN3O2S/c1-15-12-16(2)20-19(13-15)29-22(24-20)26(7-6-25-8-10-28-11-9-25)21(27)17-4-3-5-18(23)14-17/h3-5,12-14H,6-11H2,1-2H3. The molecule has 0 N–H and O–H groups in total. The summed E-state index contributed by atoms with van der Waals surface area (Å²) in [6.45, 7) is 8.75. The first-order valence-electron chi connectivity index (χ1n) is 9.76. The number of fused-ring (bicyclic) bond motifs is 1. The van der Waals surface area contributed by atoms with Crippen molar-refractivity contribution in [1.82, 2.24) is 9.88 Å². The Labute approximate surface area is 179 Å². The van der Waals surface area contributed by atoms with E-state index in [1.807, 2.05) is 6.07 Å². The van der Waals surface area contributed by atoms with Crippen LogP contribution < -0.4 is 4.90 Å². The third-order valence-electron chi connectivity index (χ3n) is 5.11. The number of carbonyl (C=O) groups excluding carboxylic acids is 1. The van der Waals surface area contributed by atoms with Crippen molar-refractivity contribution in [3.63, 3.8) is 0 Å². The van der Waals surface area contributed by atoms with Crippen molar-refractivity contribution in [1.29, 1.82) is 0 Å². The van der Waals surface area contributed by atoms with Crippen molar-refractivity contribution in [3.05, 3.63) is 58.1 Å². The van der Waals surface area contributed by atoms with Crippen LogP contribution in [0.4, 0.5) is 5.13 Å². The van der Waals surface area contributed by atoms with Gasteiger partial charge in [-0.1, -0.05) is 35.1 Å². The van der Waals surface area contributed by atoms with E-state index in [0.717, 1.165) is 53.8 Å². The molecule has 0 radical (unpaired) electrons. The number of anilines is 1. The molecular weight excluding hydrogens is 406 g/mol. The SMILES string of the molecule is Cc1cc(C)c2nc(N(CCN3CCOCC3)C(=O)c3cccc(Cl)c3)sc2c1. The van der Waals surface area contributed by atoms with Gasteiger partial charge in [0.25, 0.3) is 5.91 Å². The lowest BCUT2D eigenvalue weighted by Crippen LogP contribution is -2.43. The first kappa shape index (κ1) is 20.3. The number of rotatable bonds is 5. The maximum Gasteiger partial charge on any atom is 0.260 e. The zero-order valence-electron chi connectivity index (χ0n) is 16.7. The summed E-state index contributed by atoms with van der Waals surface area (Å²) in [5.74, 6) is -0.0748. The second-order valence-corrected chi connectivity index (χ2v) is 8.79. The van der Waals surface area contributed by atoms with Gasteiger partial charge < -0.3 is 4.74 Å². The fourth-order valence-electron chi connectivity index (χ4n) is 3.60. The predicted molar refractivity (Wildman–Crippen MR) is 119 cm³/mol. The van der Waals surface area contributed by atoms with E-state index in [4.69, 9.17) is 21.3 Å². The molecule has 4 rings (SSSR count). The van der Waals surface area contributed by atoms with Gasteiger partial charge in [0.15, 0.2) is 5.13 Å². The predicted octanol–water partition coefficient (Wildman–Crippen LogP) is 4.55. The van der Waals surface area contributed by atoms with Crippen molar-refractivity contribution in [3.8, 4) is 0 Å². The Balaban J connectivity index is 1.67. The molecule has 1 aliphatic rings. The van der Waals surface area contributed by atoms with Gasteiger partial charge in [-0.3, -0.25) is 14.6 Å². The largest absolute Gasteiger partial charge is 0.379 e. The number of halogens is 1. The Bertz CT molecular complexity index is 1030. The van der Waals surface area contributed by atoms with E-state index in [2.05, 4.69) is 30.9 Å². The second-order valence-electron chi connectivity index (χ2n) is 7.35. The highest BCUT2D eigenvalue weighted by molar-refractivity contribution is 7.22. The zero-order valence-corrected chi connectivity index (χ0v) is 18.2. The minimum atomic E-state index is -0.0748. The third-order valence-corrected chi connectivity index (χ3v) is 6.37. The number of ether oxygens (including phenoxy) is 1. The summed E-state index contributed by atoms with van der Waals surface area (Å²) < 4.78 is 6.54. The molecule has 152 valence electrons. The molecule has 0 saturated carbocycles. The van der Waals surface area contributed by atoms with Crippen LogP contribution in [0, 0.1) is 13.8 Å². The molecule has 2 heterocycles. The molecule has 1 aromatic heterocycles. The van der Waals surface area contributed by atoms with Crippen molar-refractivity contribution < 1.29 is 9.53 Å². The summed E-state index contributed by atoms with van der Waals surface area (Å²) >= 11 is 7.70. The van der Waals surface area contributed by atoms with Crippen LogP contribution >= 0.6 is 22.9 Å². The first-order valence-corrected chi connectivity index (χ1v) is 11.0. The zero-order chi connectivity index (χ0) is 20.4. The molecule has 1 aliphatic heterocycles. The molecule has 0 atom stereocenters. The molecule has 0 bridgehead atoms. The van der Waals surface area contributed by atoms with Crippen molar-refractivity contribution in [2.24, 2.45) is 0 Å². The Kier molecular flexibility index (Phi) is 6.15. The molecule has 5 nitrogen and oxygen atoms in total. The molecule has 0 spiro atoms. The number of aryl methyl sites for hydroxylation is 2. The van der Waals surface area contributed by atoms with Crippen LogP contribution in [0.2, 0.25) is 5.02 Å². The average molecular weight is 430 g/mol. The number of thiazole rings is 1. The second kappa shape index (κ2) is 8.79. The number of carbonyl (C=O) groups is 1. The van der Waals surface area contributed by atoms with Crippen LogP contribution in [-0.2, 0) is 4.74 Å². The molecule has 1 fully saturated rings. The molecule has 1 amide bonds. The lowest BCUT2D eigenvalue weighted by Gasteiger charge is -2.29. The maximum atomic E-state index is 13.4. The van der Waals surface area contributed by atoms with Gasteiger partial charge in [-0.15, -0.1) is 0 Å². The topological polar surface area (TPSA) is 45.7 Å². The van der Waals surface area contributed by atoms with E-state index < -0.39 is 0 Å². The van der Waals surface area contributed by atoms with E-state index in [-0.39, 0.29) is 5.91 Å². The molecule has 7 heteroatoms. The van der Waals surface area contributed by atoms with Crippen molar-refractivity contribution in [2.75, 3.05) is 44.3 Å². The van der Waals surface area contributed by atoms with Crippen molar-refractivity contribution >= 4 is 44.2 Å². The molecular formula is C22H24ClN3O2S. The van der Waals surface area contributed by atoms with E-state index in [1.165, 1.54) is 5.56 Å². The smallest absolute Gasteiger partial charge is 0.260 e. The van der Waals surface area contributed by atoms with E-state index in [9.17, 15) is 4.79 Å². The highest BCUT2D eigenvalue weighted by Crippen LogP contribution is 2.32. The van der Waals surface area contributed by atoms with Crippen LogP contribution in [0.1, 0.15) is 21.5 Å². The first-order chi connectivity index (χ1) is 14.0. The van der Waals surface area contributed by atoms with Gasteiger partial charge in [-0.05, 0) is 49.2 Å². The normalized spacial score (nSPS) is 15.0. The van der Waals surface area contributed by atoms with Gasteiger partial charge in [-0.2, -0.15) is 0 Å². The number of benzene rings is 2. The van der Waals surface area contributed by atoms with Gasteiger partial charge in [0.2, 0.25) is 0 Å². The molecule has 0 unspecified atom stereocenters. The number of morpholine rings is 1. The molecule has 3 aromatic rings. The Hall–Kier alpha value is -1.99. The Morgan fingerprint density at radius 1 is 1.24 bits per heavy atom. The Morgan fingerprint density at radius 3 is 2.79 bits per heavy atom. The maximum absolute atomic E-state index is 13.4. The highest BCUT2D eigenvalue weighted by Gasteiger charge is 2.23. The fourth-order valence-corrected chi connectivity index (χ4v) is 4.96. The Morgan fingerprint density at radius 2 is 2.03 bits per heavy atom. The fraction of sp³-hybridized carbons (Fsp3) is 0.364. The number of nitrogens with zero attached hydrogens (tertiary/aromatic N) is 3. The summed E-state index contributed by atoms with van der Waals surface area (Å²) in [4.78, 5) is 22.3. The average Bonchev–Trinajstić information content (AvgIpc) is 3.13. The number of hydrogen-bond donors (Lipinski definition) is 0. The lowest BCUT2D eigenvalue weighted by molar-refractivity contribution is 0.0391. The van der Waals surface area contributed by atoms with Gasteiger partial charge in [-0.25, -0.2) is 4.98 Å². The summed E-state index contributed by atoms with van der Waals surface area (Å²) in [5.41, 5.74) is 3.87. The highest BCUT2D eigenvalue weighted by atomic mass is 35.5. The minimum Gasteiger partial charge on any atom is -0.379 e. The van der Waals surface area contributed by atoms with E-state index >= 15 is 0 Å². The van der Waals surface area contributed by atoms with Crippen LogP contribution in [0.25, 0.3) is 10.2 Å². The van der Waals surface area contributed by atoms with Crippen molar-refractivity contribution in [2.45, 2.75) is 13.8 Å². The lowest BCUT2D eigenvalue weighted by atomic mass is 10.1. The summed E-state index contributed by atoms with van der Waals surface area (Å²) in [6, 6.07) is 11.4. The number of amides is 1. The molecule has 29 heavy (non-hydrogen) atoms. The summed E-state index contributed by atoms with van der Waals surface area (Å²) in [5, 5.41) is 1.28. The monoisotopic (exact) mass is 429 g/mol. The third kappa shape index (κ3) is 4.61. The quantitative estimate of drug-likeness (QED) is 0.597. The van der Waals surface area contributed by atoms with Crippen LogP contribution in [-0.4, -0.2) is 55.2 Å². The van der Waals surface area contributed by atoms with Gasteiger partial charge in [0.1, 0.15) is 0 Å². The minimum absolute atomic E-state index is 0.0748. The number of aromatic nitrogens is 1. The van der Waals surface area contributed by atoms with Gasteiger partial charge in [0.05, 0.1) is 23.4 Å². The number of hydrogen-bond acceptors (Lipinski definition) is 5. The van der Waals surface area contributed by atoms with E-state index in [1.54, 1.807) is 34.4 Å². The summed E-state index contributed by atoms with van der Waals surface area (Å²) in [6.07, 6.45) is 0. The van der Waals surface area contributed by atoms with Crippen LogP contribution in [0.15, 0.2) is 36.4 Å². The summed E-state index contributed by atoms with van der Waals surface area (Å²) in [7, 11) is 0.